The Balaban J connectivity index is 1.53. The summed E-state index contributed by atoms with van der Waals surface area (Å²) in [4.78, 5) is 24.7. The van der Waals surface area contributed by atoms with Crippen molar-refractivity contribution in [3.05, 3.63) is 0 Å². The van der Waals surface area contributed by atoms with Crippen LogP contribution in [0.3, 0.4) is 0 Å². The van der Waals surface area contributed by atoms with Crippen molar-refractivity contribution in [1.82, 2.24) is 10.2 Å². The lowest BCUT2D eigenvalue weighted by molar-refractivity contribution is -0.140. The van der Waals surface area contributed by atoms with E-state index in [1.165, 1.54) is 25.9 Å². The Bertz CT molecular complexity index is 338. The van der Waals surface area contributed by atoms with E-state index in [-0.39, 0.29) is 11.8 Å². The van der Waals surface area contributed by atoms with Crippen LogP contribution in [0, 0.1) is 17.8 Å². The van der Waals surface area contributed by atoms with Gasteiger partial charge in [0.25, 0.3) is 0 Å². The first kappa shape index (κ1) is 14.3. The van der Waals surface area contributed by atoms with E-state index in [9.17, 15) is 9.59 Å². The third kappa shape index (κ3) is 4.20. The summed E-state index contributed by atoms with van der Waals surface area (Å²) in [6.07, 6.45) is 4.00. The zero-order chi connectivity index (χ0) is 13.8. The molecule has 0 radical (unpaired) electrons. The summed E-state index contributed by atoms with van der Waals surface area (Å²) in [6, 6.07) is 0. The Morgan fingerprint density at radius 3 is 2.53 bits per heavy atom. The highest BCUT2D eigenvalue weighted by atomic mass is 16.4. The fourth-order valence-corrected chi connectivity index (χ4v) is 2.69. The van der Waals surface area contributed by atoms with Gasteiger partial charge in [-0.25, -0.2) is 0 Å². The molecular formula is C14H24N2O3. The van der Waals surface area contributed by atoms with Crippen molar-refractivity contribution < 1.29 is 14.7 Å². The SMILES string of the molecule is CC1CCN(CCCNC(=O)[C@@H]2C[C@@H]2C(=O)O)CC1. The molecule has 0 spiro atoms. The molecule has 0 aromatic heterocycles. The van der Waals surface area contributed by atoms with Crippen LogP contribution in [0.1, 0.15) is 32.6 Å². The molecule has 1 heterocycles. The van der Waals surface area contributed by atoms with Gasteiger partial charge in [-0.15, -0.1) is 0 Å². The number of hydrogen-bond donors (Lipinski definition) is 2. The summed E-state index contributed by atoms with van der Waals surface area (Å²) < 4.78 is 0. The largest absolute Gasteiger partial charge is 0.481 e. The quantitative estimate of drug-likeness (QED) is 0.704. The molecular weight excluding hydrogens is 244 g/mol. The van der Waals surface area contributed by atoms with Crippen LogP contribution >= 0.6 is 0 Å². The Hall–Kier alpha value is -1.10. The number of piperidine rings is 1. The molecule has 1 aliphatic heterocycles. The van der Waals surface area contributed by atoms with Gasteiger partial charge in [0.05, 0.1) is 11.8 Å². The van der Waals surface area contributed by atoms with Crippen LogP contribution in [0.4, 0.5) is 0 Å². The highest BCUT2D eigenvalue weighted by Crippen LogP contribution is 2.38. The van der Waals surface area contributed by atoms with Crippen LogP contribution in [0.5, 0.6) is 0 Å². The van der Waals surface area contributed by atoms with E-state index >= 15 is 0 Å². The van der Waals surface area contributed by atoms with E-state index in [4.69, 9.17) is 5.11 Å². The van der Waals surface area contributed by atoms with Crippen LogP contribution in [-0.4, -0.2) is 48.1 Å². The van der Waals surface area contributed by atoms with Crippen LogP contribution < -0.4 is 5.32 Å². The molecule has 2 atom stereocenters. The van der Waals surface area contributed by atoms with Gasteiger partial charge >= 0.3 is 5.97 Å². The van der Waals surface area contributed by atoms with E-state index in [0.717, 1.165) is 18.9 Å². The number of nitrogens with one attached hydrogen (secondary N) is 1. The number of nitrogens with zero attached hydrogens (tertiary/aromatic N) is 1. The highest BCUT2D eigenvalue weighted by Gasteiger charge is 2.48. The van der Waals surface area contributed by atoms with Crippen molar-refractivity contribution >= 4 is 11.9 Å². The summed E-state index contributed by atoms with van der Waals surface area (Å²) in [5.41, 5.74) is 0. The van der Waals surface area contributed by atoms with Crippen molar-refractivity contribution in [3.8, 4) is 0 Å². The summed E-state index contributed by atoms with van der Waals surface area (Å²) in [7, 11) is 0. The molecule has 0 bridgehead atoms. The Labute approximate surface area is 114 Å². The van der Waals surface area contributed by atoms with Crippen LogP contribution in [0.25, 0.3) is 0 Å². The van der Waals surface area contributed by atoms with Gasteiger partial charge in [-0.2, -0.15) is 0 Å². The summed E-state index contributed by atoms with van der Waals surface area (Å²) >= 11 is 0. The molecule has 2 N–H and O–H groups in total. The second-order valence-electron chi connectivity index (χ2n) is 5.96. The Morgan fingerprint density at radius 2 is 1.95 bits per heavy atom. The lowest BCUT2D eigenvalue weighted by Crippen LogP contribution is -2.35. The highest BCUT2D eigenvalue weighted by molar-refractivity contribution is 5.89. The monoisotopic (exact) mass is 268 g/mol. The third-order valence-electron chi connectivity index (χ3n) is 4.27. The maximum atomic E-state index is 11.6. The first-order chi connectivity index (χ1) is 9.08. The van der Waals surface area contributed by atoms with Crippen molar-refractivity contribution in [2.75, 3.05) is 26.2 Å². The van der Waals surface area contributed by atoms with Gasteiger partial charge in [0.1, 0.15) is 0 Å². The summed E-state index contributed by atoms with van der Waals surface area (Å²) in [6.45, 7) is 6.32. The number of carboxylic acid groups (broad SMARTS) is 1. The molecule has 2 fully saturated rings. The predicted octanol–water partition coefficient (Wildman–Crippen LogP) is 0.945. The molecule has 108 valence electrons. The van der Waals surface area contributed by atoms with E-state index in [2.05, 4.69) is 17.1 Å². The Kier molecular flexibility index (Phi) is 4.80. The van der Waals surface area contributed by atoms with E-state index in [0.29, 0.717) is 13.0 Å². The minimum absolute atomic E-state index is 0.0836. The molecule has 0 aromatic carbocycles. The number of hydrogen-bond acceptors (Lipinski definition) is 3. The predicted molar refractivity (Wildman–Crippen MR) is 71.7 cm³/mol. The number of amides is 1. The molecule has 0 aromatic rings. The molecule has 1 saturated heterocycles. The molecule has 2 rings (SSSR count). The van der Waals surface area contributed by atoms with Gasteiger partial charge in [-0.3, -0.25) is 9.59 Å². The van der Waals surface area contributed by atoms with Gasteiger partial charge in [0.15, 0.2) is 0 Å². The maximum Gasteiger partial charge on any atom is 0.307 e. The number of carbonyl (C=O) groups is 2. The molecule has 5 nitrogen and oxygen atoms in total. The van der Waals surface area contributed by atoms with Gasteiger partial charge in [0, 0.05) is 6.54 Å². The number of carbonyl (C=O) groups excluding carboxylic acids is 1. The first-order valence-electron chi connectivity index (χ1n) is 7.31. The minimum atomic E-state index is -0.845. The molecule has 1 aliphatic carbocycles. The number of rotatable bonds is 6. The average Bonchev–Trinajstić information content (AvgIpc) is 3.17. The lowest BCUT2D eigenvalue weighted by Gasteiger charge is -2.30. The molecule has 0 unspecified atom stereocenters. The first-order valence-corrected chi connectivity index (χ1v) is 7.31. The normalized spacial score (nSPS) is 28.1. The van der Waals surface area contributed by atoms with E-state index in [1.807, 2.05) is 0 Å². The third-order valence-corrected chi connectivity index (χ3v) is 4.27. The van der Waals surface area contributed by atoms with Crippen molar-refractivity contribution in [3.63, 3.8) is 0 Å². The fraction of sp³-hybridized carbons (Fsp3) is 0.857. The second-order valence-corrected chi connectivity index (χ2v) is 5.96. The van der Waals surface area contributed by atoms with Crippen molar-refractivity contribution in [2.45, 2.75) is 32.6 Å². The molecule has 5 heteroatoms. The maximum absolute atomic E-state index is 11.6. The molecule has 19 heavy (non-hydrogen) atoms. The standard InChI is InChI=1S/C14H24N2O3/c1-10-3-7-16(8-4-10)6-2-5-15-13(17)11-9-12(11)14(18)19/h10-12H,2-9H2,1H3,(H,15,17)(H,18,19)/t11-,12+/m1/s1. The summed E-state index contributed by atoms with van der Waals surface area (Å²) in [5, 5.41) is 11.6. The lowest BCUT2D eigenvalue weighted by atomic mass is 9.99. The van der Waals surface area contributed by atoms with Crippen LogP contribution in [-0.2, 0) is 9.59 Å². The molecule has 1 amide bonds. The van der Waals surface area contributed by atoms with Gasteiger partial charge in [-0.05, 0) is 51.2 Å². The van der Waals surface area contributed by atoms with E-state index < -0.39 is 11.9 Å². The minimum Gasteiger partial charge on any atom is -0.481 e. The zero-order valence-electron chi connectivity index (χ0n) is 11.6. The summed E-state index contributed by atoms with van der Waals surface area (Å²) in [5.74, 6) is -0.807. The average molecular weight is 268 g/mol. The van der Waals surface area contributed by atoms with Crippen molar-refractivity contribution in [2.24, 2.45) is 17.8 Å². The van der Waals surface area contributed by atoms with Crippen LogP contribution in [0.2, 0.25) is 0 Å². The molecule has 2 aliphatic rings. The zero-order valence-corrected chi connectivity index (χ0v) is 11.6. The fourth-order valence-electron chi connectivity index (χ4n) is 2.69. The number of aliphatic carboxylic acids is 1. The molecule has 1 saturated carbocycles. The number of likely N-dealkylation sites (tertiary alicyclic amines) is 1. The smallest absolute Gasteiger partial charge is 0.307 e. The van der Waals surface area contributed by atoms with E-state index in [1.54, 1.807) is 0 Å². The van der Waals surface area contributed by atoms with Gasteiger partial charge < -0.3 is 15.3 Å². The van der Waals surface area contributed by atoms with Crippen molar-refractivity contribution in [1.29, 1.82) is 0 Å². The van der Waals surface area contributed by atoms with Crippen LogP contribution in [0.15, 0.2) is 0 Å². The van der Waals surface area contributed by atoms with Gasteiger partial charge in [-0.1, -0.05) is 6.92 Å². The van der Waals surface area contributed by atoms with Gasteiger partial charge in [0.2, 0.25) is 5.91 Å². The number of carboxylic acids is 1. The second kappa shape index (κ2) is 6.37. The Morgan fingerprint density at radius 1 is 1.26 bits per heavy atom. The topological polar surface area (TPSA) is 69.6 Å².